The first-order valence-electron chi connectivity index (χ1n) is 8.05. The van der Waals surface area contributed by atoms with Crippen LogP contribution in [0.25, 0.3) is 0 Å². The second-order valence-electron chi connectivity index (χ2n) is 6.20. The molecule has 24 heavy (non-hydrogen) atoms. The molecule has 4 rings (SSSR count). The smallest absolute Gasteiger partial charge is 0.269 e. The molecule has 2 atom stereocenters. The number of anilines is 1. The van der Waals surface area contributed by atoms with Crippen molar-refractivity contribution in [3.05, 3.63) is 82.4 Å². The van der Waals surface area contributed by atoms with Crippen molar-refractivity contribution < 1.29 is 9.66 Å². The maximum absolute atomic E-state index is 11.3. The summed E-state index contributed by atoms with van der Waals surface area (Å²) in [7, 11) is 0. The van der Waals surface area contributed by atoms with E-state index in [1.54, 1.807) is 12.1 Å². The van der Waals surface area contributed by atoms with Gasteiger partial charge in [-0.3, -0.25) is 10.1 Å². The Bertz CT molecular complexity index is 806. The Labute approximate surface area is 140 Å². The number of nitro benzene ring substituents is 1. The Morgan fingerprint density at radius 2 is 2.12 bits per heavy atom. The molecule has 2 aliphatic heterocycles. The van der Waals surface area contributed by atoms with E-state index in [0.717, 1.165) is 29.7 Å². The number of hydrogen-bond donors (Lipinski definition) is 0. The predicted molar refractivity (Wildman–Crippen MR) is 92.0 cm³/mol. The number of ether oxygens (including phenoxy) is 1. The minimum Gasteiger partial charge on any atom is -0.342 e. The standard InChI is InChI=1S/C19H18N2O3/c1-2-12-20-17-9-8-15(21(22)23)13-16(17)19(11-10-18(20)24-19)14-6-4-3-5-7-14/h2-9,13,18H,1,10-12H2. The molecule has 0 saturated carbocycles. The molecule has 1 saturated heterocycles. The van der Waals surface area contributed by atoms with Gasteiger partial charge in [0.15, 0.2) is 0 Å². The second kappa shape index (κ2) is 5.46. The molecule has 5 nitrogen and oxygen atoms in total. The van der Waals surface area contributed by atoms with Gasteiger partial charge in [0.25, 0.3) is 5.69 Å². The van der Waals surface area contributed by atoms with Gasteiger partial charge in [0.1, 0.15) is 11.8 Å². The Morgan fingerprint density at radius 1 is 1.33 bits per heavy atom. The average Bonchev–Trinajstić information content (AvgIpc) is 3.01. The van der Waals surface area contributed by atoms with Gasteiger partial charge < -0.3 is 9.64 Å². The third-order valence-electron chi connectivity index (χ3n) is 4.93. The van der Waals surface area contributed by atoms with Gasteiger partial charge in [0.2, 0.25) is 0 Å². The molecule has 2 aromatic rings. The molecule has 5 heteroatoms. The fraction of sp³-hybridized carbons (Fsp3) is 0.263. The minimum absolute atomic E-state index is 0.0304. The van der Waals surface area contributed by atoms with E-state index in [4.69, 9.17) is 4.74 Å². The van der Waals surface area contributed by atoms with Crippen LogP contribution >= 0.6 is 0 Å². The summed E-state index contributed by atoms with van der Waals surface area (Å²) in [5, 5.41) is 11.3. The number of benzene rings is 2. The molecule has 0 amide bonds. The molecule has 0 N–H and O–H groups in total. The molecule has 2 aliphatic rings. The Kier molecular flexibility index (Phi) is 3.39. The summed E-state index contributed by atoms with van der Waals surface area (Å²) in [6.07, 6.45) is 3.49. The number of rotatable bonds is 4. The third-order valence-corrected chi connectivity index (χ3v) is 4.93. The third kappa shape index (κ3) is 2.05. The maximum atomic E-state index is 11.3. The van der Waals surface area contributed by atoms with Crippen LogP contribution in [-0.2, 0) is 10.3 Å². The molecule has 0 aromatic heterocycles. The van der Waals surface area contributed by atoms with E-state index in [-0.39, 0.29) is 16.8 Å². The molecule has 2 heterocycles. The van der Waals surface area contributed by atoms with E-state index in [1.165, 1.54) is 0 Å². The first kappa shape index (κ1) is 14.9. The van der Waals surface area contributed by atoms with Crippen LogP contribution in [0.15, 0.2) is 61.2 Å². The molecule has 0 radical (unpaired) electrons. The quantitative estimate of drug-likeness (QED) is 0.485. The van der Waals surface area contributed by atoms with Gasteiger partial charge in [-0.15, -0.1) is 6.58 Å². The zero-order valence-electron chi connectivity index (χ0n) is 13.2. The van der Waals surface area contributed by atoms with E-state index in [0.29, 0.717) is 6.54 Å². The molecule has 2 unspecified atom stereocenters. The monoisotopic (exact) mass is 322 g/mol. The van der Waals surface area contributed by atoms with Crippen molar-refractivity contribution in [2.45, 2.75) is 24.7 Å². The molecule has 0 spiro atoms. The van der Waals surface area contributed by atoms with Gasteiger partial charge in [-0.2, -0.15) is 0 Å². The highest BCUT2D eigenvalue weighted by molar-refractivity contribution is 5.65. The van der Waals surface area contributed by atoms with Crippen molar-refractivity contribution >= 4 is 11.4 Å². The summed E-state index contributed by atoms with van der Waals surface area (Å²) < 4.78 is 6.45. The van der Waals surface area contributed by atoms with Crippen LogP contribution in [0.1, 0.15) is 24.0 Å². The lowest BCUT2D eigenvalue weighted by Gasteiger charge is -2.42. The molecular weight excluding hydrogens is 304 g/mol. The van der Waals surface area contributed by atoms with Crippen LogP contribution in [0, 0.1) is 10.1 Å². The molecule has 0 aliphatic carbocycles. The second-order valence-corrected chi connectivity index (χ2v) is 6.20. The van der Waals surface area contributed by atoms with Gasteiger partial charge >= 0.3 is 0 Å². The van der Waals surface area contributed by atoms with Crippen LogP contribution in [0.3, 0.4) is 0 Å². The highest BCUT2D eigenvalue weighted by Crippen LogP contribution is 2.53. The highest BCUT2D eigenvalue weighted by atomic mass is 16.6. The fourth-order valence-electron chi connectivity index (χ4n) is 3.89. The lowest BCUT2D eigenvalue weighted by Crippen LogP contribution is -2.44. The van der Waals surface area contributed by atoms with Crippen molar-refractivity contribution in [1.82, 2.24) is 0 Å². The SMILES string of the molecule is C=CCN1c2ccc([N+](=O)[O-])cc2C2(c3ccccc3)CCC1O2. The summed E-state index contributed by atoms with van der Waals surface area (Å²) in [5.41, 5.74) is 2.41. The van der Waals surface area contributed by atoms with E-state index in [2.05, 4.69) is 11.5 Å². The van der Waals surface area contributed by atoms with Gasteiger partial charge in [0.05, 0.1) is 4.92 Å². The number of fused-ring (bicyclic) bond motifs is 4. The fourth-order valence-corrected chi connectivity index (χ4v) is 3.89. The Balaban J connectivity index is 1.94. The van der Waals surface area contributed by atoms with Crippen molar-refractivity contribution in [2.75, 3.05) is 11.4 Å². The summed E-state index contributed by atoms with van der Waals surface area (Å²) in [4.78, 5) is 13.1. The zero-order chi connectivity index (χ0) is 16.7. The number of hydrogen-bond acceptors (Lipinski definition) is 4. The van der Waals surface area contributed by atoms with Crippen LogP contribution in [0.2, 0.25) is 0 Å². The van der Waals surface area contributed by atoms with Crippen LogP contribution < -0.4 is 4.90 Å². The highest BCUT2D eigenvalue weighted by Gasteiger charge is 2.51. The molecular formula is C19H18N2O3. The van der Waals surface area contributed by atoms with E-state index in [1.807, 2.05) is 42.5 Å². The van der Waals surface area contributed by atoms with E-state index in [9.17, 15) is 10.1 Å². The Morgan fingerprint density at radius 3 is 2.83 bits per heavy atom. The molecule has 122 valence electrons. The summed E-state index contributed by atoms with van der Waals surface area (Å²) in [6.45, 7) is 4.48. The van der Waals surface area contributed by atoms with Crippen LogP contribution in [0.4, 0.5) is 11.4 Å². The van der Waals surface area contributed by atoms with E-state index >= 15 is 0 Å². The van der Waals surface area contributed by atoms with Crippen molar-refractivity contribution in [3.63, 3.8) is 0 Å². The number of non-ortho nitro benzene ring substituents is 1. The topological polar surface area (TPSA) is 55.6 Å². The largest absolute Gasteiger partial charge is 0.342 e. The normalized spacial score (nSPS) is 24.5. The maximum Gasteiger partial charge on any atom is 0.269 e. The first-order chi connectivity index (χ1) is 11.7. The molecule has 2 bridgehead atoms. The average molecular weight is 322 g/mol. The van der Waals surface area contributed by atoms with Gasteiger partial charge in [-0.05, 0) is 24.5 Å². The zero-order valence-corrected chi connectivity index (χ0v) is 13.2. The predicted octanol–water partition coefficient (Wildman–Crippen LogP) is 3.98. The van der Waals surface area contributed by atoms with Gasteiger partial charge in [0, 0.05) is 29.9 Å². The lowest BCUT2D eigenvalue weighted by atomic mass is 9.83. The van der Waals surface area contributed by atoms with Gasteiger partial charge in [-0.25, -0.2) is 0 Å². The minimum atomic E-state index is -0.606. The van der Waals surface area contributed by atoms with Gasteiger partial charge in [-0.1, -0.05) is 36.4 Å². The lowest BCUT2D eigenvalue weighted by molar-refractivity contribution is -0.385. The van der Waals surface area contributed by atoms with Crippen LogP contribution in [0.5, 0.6) is 0 Å². The first-order valence-corrected chi connectivity index (χ1v) is 8.05. The summed E-state index contributed by atoms with van der Waals surface area (Å²) >= 11 is 0. The Hall–Kier alpha value is -2.66. The molecule has 1 fully saturated rings. The molecule has 2 aromatic carbocycles. The van der Waals surface area contributed by atoms with Crippen molar-refractivity contribution in [2.24, 2.45) is 0 Å². The van der Waals surface area contributed by atoms with E-state index < -0.39 is 5.60 Å². The van der Waals surface area contributed by atoms with Crippen LogP contribution in [-0.4, -0.2) is 17.7 Å². The summed E-state index contributed by atoms with van der Waals surface area (Å²) in [6, 6.07) is 15.1. The number of nitrogens with zero attached hydrogens (tertiary/aromatic N) is 2. The number of nitro groups is 1. The summed E-state index contributed by atoms with van der Waals surface area (Å²) in [5.74, 6) is 0. The van der Waals surface area contributed by atoms with Crippen molar-refractivity contribution in [3.8, 4) is 0 Å². The van der Waals surface area contributed by atoms with Crippen molar-refractivity contribution in [1.29, 1.82) is 0 Å².